The highest BCUT2D eigenvalue weighted by molar-refractivity contribution is 4.68. The van der Waals surface area contributed by atoms with E-state index in [4.69, 9.17) is 4.74 Å². The van der Waals surface area contributed by atoms with Crippen LogP contribution in [0.2, 0.25) is 0 Å². The van der Waals surface area contributed by atoms with Crippen LogP contribution in [-0.2, 0) is 4.74 Å². The van der Waals surface area contributed by atoms with E-state index in [0.717, 1.165) is 13.2 Å². The average Bonchev–Trinajstić information content (AvgIpc) is 2.08. The molecule has 14 heavy (non-hydrogen) atoms. The lowest BCUT2D eigenvalue weighted by atomic mass is 10.1. The molecule has 0 saturated heterocycles. The second kappa shape index (κ2) is 7.24. The largest absolute Gasteiger partial charge is 0.374 e. The van der Waals surface area contributed by atoms with Crippen LogP contribution in [0.25, 0.3) is 0 Å². The standard InChI is InChI=1S/C12H27NO/c1-6-8-9-11(13-7-2)10-14-12(3,4)5/h11,13H,6-10H2,1-5H3. The number of likely N-dealkylation sites (N-methyl/N-ethyl adjacent to an activating group) is 1. The SMILES string of the molecule is CCCCC(COC(C)(C)C)NCC. The molecule has 0 aliphatic heterocycles. The Morgan fingerprint density at radius 2 is 1.86 bits per heavy atom. The summed E-state index contributed by atoms with van der Waals surface area (Å²) in [6, 6.07) is 0.527. The second-order valence-electron chi connectivity index (χ2n) is 4.82. The van der Waals surface area contributed by atoms with E-state index in [1.165, 1.54) is 19.3 Å². The number of ether oxygens (including phenoxy) is 1. The molecule has 0 aromatic carbocycles. The Hall–Kier alpha value is -0.0800. The van der Waals surface area contributed by atoms with Gasteiger partial charge in [-0.1, -0.05) is 26.7 Å². The molecule has 0 aromatic rings. The zero-order valence-electron chi connectivity index (χ0n) is 10.5. The molecule has 0 aromatic heterocycles. The van der Waals surface area contributed by atoms with Gasteiger partial charge in [0.2, 0.25) is 0 Å². The van der Waals surface area contributed by atoms with Crippen molar-refractivity contribution in [1.29, 1.82) is 0 Å². The fraction of sp³-hybridized carbons (Fsp3) is 1.00. The highest BCUT2D eigenvalue weighted by Gasteiger charge is 2.14. The van der Waals surface area contributed by atoms with Crippen molar-refractivity contribution in [2.24, 2.45) is 0 Å². The molecule has 1 atom stereocenters. The molecule has 0 spiro atoms. The summed E-state index contributed by atoms with van der Waals surface area (Å²) >= 11 is 0. The van der Waals surface area contributed by atoms with E-state index in [1.54, 1.807) is 0 Å². The van der Waals surface area contributed by atoms with Gasteiger partial charge in [0.25, 0.3) is 0 Å². The Morgan fingerprint density at radius 3 is 2.29 bits per heavy atom. The van der Waals surface area contributed by atoms with Crippen LogP contribution in [0.1, 0.15) is 53.9 Å². The first-order valence-corrected chi connectivity index (χ1v) is 5.87. The minimum Gasteiger partial charge on any atom is -0.374 e. The molecule has 0 radical (unpaired) electrons. The normalized spacial score (nSPS) is 14.4. The maximum atomic E-state index is 5.78. The number of hydrogen-bond donors (Lipinski definition) is 1. The molecule has 0 heterocycles. The van der Waals surface area contributed by atoms with E-state index in [0.29, 0.717) is 6.04 Å². The van der Waals surface area contributed by atoms with E-state index in [-0.39, 0.29) is 5.60 Å². The Balaban J connectivity index is 3.72. The van der Waals surface area contributed by atoms with Crippen molar-refractivity contribution in [3.8, 4) is 0 Å². The van der Waals surface area contributed by atoms with Crippen LogP contribution in [0.15, 0.2) is 0 Å². The number of rotatable bonds is 7. The predicted molar refractivity (Wildman–Crippen MR) is 62.7 cm³/mol. The van der Waals surface area contributed by atoms with Gasteiger partial charge in [-0.3, -0.25) is 0 Å². The average molecular weight is 201 g/mol. The van der Waals surface area contributed by atoms with Gasteiger partial charge in [-0.2, -0.15) is 0 Å². The molecule has 0 fully saturated rings. The first-order chi connectivity index (χ1) is 6.49. The topological polar surface area (TPSA) is 21.3 Å². The molecule has 1 N–H and O–H groups in total. The Kier molecular flexibility index (Phi) is 7.20. The van der Waals surface area contributed by atoms with E-state index in [9.17, 15) is 0 Å². The molecule has 2 nitrogen and oxygen atoms in total. The van der Waals surface area contributed by atoms with Crippen molar-refractivity contribution in [2.45, 2.75) is 65.5 Å². The van der Waals surface area contributed by atoms with Crippen LogP contribution in [0.4, 0.5) is 0 Å². The van der Waals surface area contributed by atoms with Crippen LogP contribution >= 0.6 is 0 Å². The fourth-order valence-corrected chi connectivity index (χ4v) is 1.33. The molecule has 0 rings (SSSR count). The lowest BCUT2D eigenvalue weighted by molar-refractivity contribution is -0.0154. The lowest BCUT2D eigenvalue weighted by Gasteiger charge is -2.25. The van der Waals surface area contributed by atoms with Crippen molar-refractivity contribution >= 4 is 0 Å². The first-order valence-electron chi connectivity index (χ1n) is 5.87. The van der Waals surface area contributed by atoms with E-state index in [2.05, 4.69) is 39.9 Å². The van der Waals surface area contributed by atoms with Crippen molar-refractivity contribution in [2.75, 3.05) is 13.2 Å². The van der Waals surface area contributed by atoms with Crippen LogP contribution in [-0.4, -0.2) is 24.8 Å². The zero-order chi connectivity index (χ0) is 11.0. The summed E-state index contributed by atoms with van der Waals surface area (Å²) in [7, 11) is 0. The molecular weight excluding hydrogens is 174 g/mol. The van der Waals surface area contributed by atoms with Crippen LogP contribution in [0.5, 0.6) is 0 Å². The van der Waals surface area contributed by atoms with Gasteiger partial charge in [0.15, 0.2) is 0 Å². The molecule has 0 amide bonds. The molecule has 0 aliphatic rings. The Bertz CT molecular complexity index is 129. The smallest absolute Gasteiger partial charge is 0.0626 e. The van der Waals surface area contributed by atoms with Crippen molar-refractivity contribution in [3.05, 3.63) is 0 Å². The predicted octanol–water partition coefficient (Wildman–Crippen LogP) is 2.97. The lowest BCUT2D eigenvalue weighted by Crippen LogP contribution is -2.36. The number of nitrogens with one attached hydrogen (secondary N) is 1. The minimum atomic E-state index is -0.0140. The van der Waals surface area contributed by atoms with Crippen molar-refractivity contribution in [3.63, 3.8) is 0 Å². The van der Waals surface area contributed by atoms with Gasteiger partial charge >= 0.3 is 0 Å². The Labute approximate surface area is 89.4 Å². The summed E-state index contributed by atoms with van der Waals surface area (Å²) in [5.41, 5.74) is -0.0140. The van der Waals surface area contributed by atoms with Gasteiger partial charge in [-0.25, -0.2) is 0 Å². The summed E-state index contributed by atoms with van der Waals surface area (Å²) < 4.78 is 5.78. The van der Waals surface area contributed by atoms with Crippen molar-refractivity contribution in [1.82, 2.24) is 5.32 Å². The molecule has 0 bridgehead atoms. The summed E-state index contributed by atoms with van der Waals surface area (Å²) in [4.78, 5) is 0. The maximum Gasteiger partial charge on any atom is 0.0626 e. The maximum absolute atomic E-state index is 5.78. The van der Waals surface area contributed by atoms with Crippen LogP contribution in [0, 0.1) is 0 Å². The van der Waals surface area contributed by atoms with Gasteiger partial charge in [0.1, 0.15) is 0 Å². The monoisotopic (exact) mass is 201 g/mol. The second-order valence-corrected chi connectivity index (χ2v) is 4.82. The van der Waals surface area contributed by atoms with Gasteiger partial charge < -0.3 is 10.1 Å². The Morgan fingerprint density at radius 1 is 1.21 bits per heavy atom. The summed E-state index contributed by atoms with van der Waals surface area (Å²) in [6.45, 7) is 12.6. The fourth-order valence-electron chi connectivity index (χ4n) is 1.33. The van der Waals surface area contributed by atoms with Crippen LogP contribution in [0.3, 0.4) is 0 Å². The quantitative estimate of drug-likeness (QED) is 0.684. The summed E-state index contributed by atoms with van der Waals surface area (Å²) in [5, 5.41) is 3.46. The van der Waals surface area contributed by atoms with Gasteiger partial charge in [-0.15, -0.1) is 0 Å². The van der Waals surface area contributed by atoms with Crippen molar-refractivity contribution < 1.29 is 4.74 Å². The minimum absolute atomic E-state index is 0.0140. The van der Waals surface area contributed by atoms with E-state index in [1.807, 2.05) is 0 Å². The summed E-state index contributed by atoms with van der Waals surface area (Å²) in [5.74, 6) is 0. The molecular formula is C12H27NO. The van der Waals surface area contributed by atoms with E-state index < -0.39 is 0 Å². The molecule has 0 saturated carbocycles. The third-order valence-corrected chi connectivity index (χ3v) is 2.12. The van der Waals surface area contributed by atoms with E-state index >= 15 is 0 Å². The number of hydrogen-bond acceptors (Lipinski definition) is 2. The third-order valence-electron chi connectivity index (χ3n) is 2.12. The third kappa shape index (κ3) is 8.52. The summed E-state index contributed by atoms with van der Waals surface area (Å²) in [6.07, 6.45) is 3.77. The molecule has 2 heteroatoms. The van der Waals surface area contributed by atoms with Gasteiger partial charge in [-0.05, 0) is 33.7 Å². The first kappa shape index (κ1) is 13.9. The van der Waals surface area contributed by atoms with Gasteiger partial charge in [0.05, 0.1) is 12.2 Å². The highest BCUT2D eigenvalue weighted by atomic mass is 16.5. The number of unbranched alkanes of at least 4 members (excludes halogenated alkanes) is 1. The molecule has 1 unspecified atom stereocenters. The molecule has 0 aliphatic carbocycles. The van der Waals surface area contributed by atoms with Gasteiger partial charge in [0, 0.05) is 6.04 Å². The van der Waals surface area contributed by atoms with Crippen LogP contribution < -0.4 is 5.32 Å². The molecule has 86 valence electrons. The zero-order valence-corrected chi connectivity index (χ0v) is 10.5. The highest BCUT2D eigenvalue weighted by Crippen LogP contribution is 2.09.